The topological polar surface area (TPSA) is 28.7 Å². The number of nitrogens with zero attached hydrogens (tertiary/aromatic N) is 1. The fraction of sp³-hybridized carbons (Fsp3) is 0.154. The molecule has 2 heteroatoms. The fourth-order valence-electron chi connectivity index (χ4n) is 1.56. The van der Waals surface area contributed by atoms with Gasteiger partial charge in [0.15, 0.2) is 0 Å². The maximum atomic E-state index is 5.34. The van der Waals surface area contributed by atoms with Gasteiger partial charge in [0.05, 0.1) is 0 Å². The first-order chi connectivity index (χ1) is 7.29. The Labute approximate surface area is 89.4 Å². The molecule has 0 saturated heterocycles. The molecule has 0 fully saturated rings. The molecule has 1 aromatic heterocycles. The number of H-pyrrole nitrogens is 1. The summed E-state index contributed by atoms with van der Waals surface area (Å²) in [6, 6.07) is 6.05. The molecule has 15 heavy (non-hydrogen) atoms. The van der Waals surface area contributed by atoms with Gasteiger partial charge in [-0.05, 0) is 30.2 Å². The third-order valence-corrected chi connectivity index (χ3v) is 2.42. The second-order valence-corrected chi connectivity index (χ2v) is 3.50. The van der Waals surface area contributed by atoms with Gasteiger partial charge < -0.3 is 4.98 Å². The van der Waals surface area contributed by atoms with Crippen LogP contribution in [0, 0.1) is 19.3 Å². The van der Waals surface area contributed by atoms with Crippen molar-refractivity contribution in [3.63, 3.8) is 0 Å². The number of hydrogen-bond donors (Lipinski definition) is 1. The summed E-state index contributed by atoms with van der Waals surface area (Å²) in [5.74, 6) is 3.61. The molecule has 1 N–H and O–H groups in total. The van der Waals surface area contributed by atoms with E-state index in [1.54, 1.807) is 6.20 Å². The van der Waals surface area contributed by atoms with E-state index < -0.39 is 0 Å². The van der Waals surface area contributed by atoms with Gasteiger partial charge in [0.1, 0.15) is 5.82 Å². The number of terminal acetylenes is 1. The molecular weight excluding hydrogens is 184 g/mol. The summed E-state index contributed by atoms with van der Waals surface area (Å²) in [4.78, 5) is 7.29. The summed E-state index contributed by atoms with van der Waals surface area (Å²) in [5, 5.41) is 0. The van der Waals surface area contributed by atoms with Crippen molar-refractivity contribution in [1.29, 1.82) is 0 Å². The normalized spacial score (nSPS) is 9.87. The Morgan fingerprint density at radius 3 is 2.93 bits per heavy atom. The summed E-state index contributed by atoms with van der Waals surface area (Å²) < 4.78 is 0. The van der Waals surface area contributed by atoms with Crippen molar-refractivity contribution in [2.24, 2.45) is 0 Å². The number of imidazole rings is 1. The van der Waals surface area contributed by atoms with Crippen molar-refractivity contribution in [3.05, 3.63) is 53.1 Å². The maximum absolute atomic E-state index is 5.34. The number of nitrogens with one attached hydrogen (secondary N) is 1. The highest BCUT2D eigenvalue weighted by Gasteiger charge is 2.02. The Morgan fingerprint density at radius 2 is 2.33 bits per heavy atom. The highest BCUT2D eigenvalue weighted by molar-refractivity contribution is 5.40. The SMILES string of the molecule is C#Cc1ccc(Cc2ncc[nH]2)c(C)c1. The molecule has 0 radical (unpaired) electrons. The van der Waals surface area contributed by atoms with Gasteiger partial charge in [-0.3, -0.25) is 0 Å². The lowest BCUT2D eigenvalue weighted by atomic mass is 10.0. The fourth-order valence-corrected chi connectivity index (χ4v) is 1.56. The van der Waals surface area contributed by atoms with Crippen LogP contribution in [-0.4, -0.2) is 9.97 Å². The first-order valence-corrected chi connectivity index (χ1v) is 4.84. The monoisotopic (exact) mass is 196 g/mol. The first kappa shape index (κ1) is 9.54. The van der Waals surface area contributed by atoms with Crippen molar-refractivity contribution < 1.29 is 0 Å². The largest absolute Gasteiger partial charge is 0.348 e. The zero-order valence-electron chi connectivity index (χ0n) is 8.62. The predicted octanol–water partition coefficient (Wildman–Crippen LogP) is 2.29. The third-order valence-electron chi connectivity index (χ3n) is 2.42. The predicted molar refractivity (Wildman–Crippen MR) is 60.5 cm³/mol. The first-order valence-electron chi connectivity index (χ1n) is 4.84. The Bertz CT molecular complexity index is 490. The van der Waals surface area contributed by atoms with Crippen LogP contribution in [0.15, 0.2) is 30.6 Å². The lowest BCUT2D eigenvalue weighted by molar-refractivity contribution is 1.01. The quantitative estimate of drug-likeness (QED) is 0.733. The molecule has 2 aromatic rings. The van der Waals surface area contributed by atoms with Gasteiger partial charge in [-0.25, -0.2) is 4.98 Å². The van der Waals surface area contributed by atoms with E-state index >= 15 is 0 Å². The summed E-state index contributed by atoms with van der Waals surface area (Å²) >= 11 is 0. The van der Waals surface area contributed by atoms with Gasteiger partial charge in [0.25, 0.3) is 0 Å². The van der Waals surface area contributed by atoms with E-state index in [4.69, 9.17) is 6.42 Å². The Morgan fingerprint density at radius 1 is 1.47 bits per heavy atom. The smallest absolute Gasteiger partial charge is 0.110 e. The van der Waals surface area contributed by atoms with Crippen LogP contribution in [0.2, 0.25) is 0 Å². The van der Waals surface area contributed by atoms with E-state index in [0.29, 0.717) is 0 Å². The standard InChI is InChI=1S/C13H12N2/c1-3-11-4-5-12(10(2)8-11)9-13-14-6-7-15-13/h1,4-8H,9H2,2H3,(H,14,15). The van der Waals surface area contributed by atoms with E-state index in [2.05, 4.69) is 28.9 Å². The van der Waals surface area contributed by atoms with Crippen LogP contribution in [0.1, 0.15) is 22.5 Å². The van der Waals surface area contributed by atoms with E-state index in [1.165, 1.54) is 11.1 Å². The number of aromatic nitrogens is 2. The molecule has 74 valence electrons. The van der Waals surface area contributed by atoms with Crippen LogP contribution in [0.5, 0.6) is 0 Å². The number of aromatic amines is 1. The van der Waals surface area contributed by atoms with E-state index in [9.17, 15) is 0 Å². The molecule has 2 rings (SSSR count). The lowest BCUT2D eigenvalue weighted by Crippen LogP contribution is -1.94. The second-order valence-electron chi connectivity index (χ2n) is 3.50. The molecule has 0 bridgehead atoms. The average Bonchev–Trinajstić information content (AvgIpc) is 2.74. The minimum absolute atomic E-state index is 0.823. The van der Waals surface area contributed by atoms with Gasteiger partial charge in [-0.15, -0.1) is 6.42 Å². The average molecular weight is 196 g/mol. The molecule has 0 amide bonds. The number of rotatable bonds is 2. The van der Waals surface area contributed by atoms with Crippen LogP contribution in [0.3, 0.4) is 0 Å². The number of benzene rings is 1. The molecule has 0 spiro atoms. The number of aryl methyl sites for hydroxylation is 1. The highest BCUT2D eigenvalue weighted by Crippen LogP contribution is 2.13. The van der Waals surface area contributed by atoms with Gasteiger partial charge >= 0.3 is 0 Å². The van der Waals surface area contributed by atoms with Gasteiger partial charge in [0.2, 0.25) is 0 Å². The minimum atomic E-state index is 0.823. The minimum Gasteiger partial charge on any atom is -0.348 e. The van der Waals surface area contributed by atoms with Crippen molar-refractivity contribution in [2.75, 3.05) is 0 Å². The Balaban J connectivity index is 2.27. The molecule has 0 atom stereocenters. The molecule has 0 aliphatic carbocycles. The maximum Gasteiger partial charge on any atom is 0.110 e. The second kappa shape index (κ2) is 4.02. The molecule has 0 aliphatic rings. The summed E-state index contributed by atoms with van der Waals surface area (Å²) in [5.41, 5.74) is 3.39. The van der Waals surface area contributed by atoms with Gasteiger partial charge in [-0.2, -0.15) is 0 Å². The summed E-state index contributed by atoms with van der Waals surface area (Å²) in [7, 11) is 0. The van der Waals surface area contributed by atoms with Crippen molar-refractivity contribution in [2.45, 2.75) is 13.3 Å². The molecule has 1 heterocycles. The van der Waals surface area contributed by atoms with Crippen LogP contribution in [-0.2, 0) is 6.42 Å². The molecule has 1 aromatic carbocycles. The van der Waals surface area contributed by atoms with Crippen LogP contribution in [0.4, 0.5) is 0 Å². The van der Waals surface area contributed by atoms with E-state index in [0.717, 1.165) is 17.8 Å². The summed E-state index contributed by atoms with van der Waals surface area (Å²) in [6.07, 6.45) is 9.76. The van der Waals surface area contributed by atoms with Gasteiger partial charge in [-0.1, -0.05) is 12.0 Å². The van der Waals surface area contributed by atoms with Crippen LogP contribution >= 0.6 is 0 Å². The molecule has 0 unspecified atom stereocenters. The molecule has 0 saturated carbocycles. The van der Waals surface area contributed by atoms with Crippen molar-refractivity contribution in [1.82, 2.24) is 9.97 Å². The highest BCUT2D eigenvalue weighted by atomic mass is 14.9. The third kappa shape index (κ3) is 2.08. The number of hydrogen-bond acceptors (Lipinski definition) is 1. The van der Waals surface area contributed by atoms with Crippen molar-refractivity contribution >= 4 is 0 Å². The molecular formula is C13H12N2. The van der Waals surface area contributed by atoms with Crippen molar-refractivity contribution in [3.8, 4) is 12.3 Å². The molecule has 0 aliphatic heterocycles. The zero-order valence-corrected chi connectivity index (χ0v) is 8.62. The van der Waals surface area contributed by atoms with E-state index in [1.807, 2.05) is 18.3 Å². The van der Waals surface area contributed by atoms with Gasteiger partial charge in [0, 0.05) is 24.4 Å². The lowest BCUT2D eigenvalue weighted by Gasteiger charge is -2.04. The van der Waals surface area contributed by atoms with Crippen LogP contribution < -0.4 is 0 Å². The summed E-state index contributed by atoms with van der Waals surface area (Å²) in [6.45, 7) is 2.07. The van der Waals surface area contributed by atoms with E-state index in [-0.39, 0.29) is 0 Å². The Kier molecular flexibility index (Phi) is 2.55. The molecule has 2 nitrogen and oxygen atoms in total. The Hall–Kier alpha value is -2.01. The van der Waals surface area contributed by atoms with Crippen LogP contribution in [0.25, 0.3) is 0 Å². The zero-order chi connectivity index (χ0) is 10.7.